The molecule has 0 N–H and O–H groups in total. The first-order chi connectivity index (χ1) is 24.9. The summed E-state index contributed by atoms with van der Waals surface area (Å²) >= 11 is 0. The van der Waals surface area contributed by atoms with Crippen molar-refractivity contribution in [2.24, 2.45) is 10.8 Å². The molecule has 52 heavy (non-hydrogen) atoms. The van der Waals surface area contributed by atoms with Gasteiger partial charge in [-0.25, -0.2) is 0 Å². The summed E-state index contributed by atoms with van der Waals surface area (Å²) in [7, 11) is 16.6. The average Bonchev–Trinajstić information content (AvgIpc) is 3.13. The lowest BCUT2D eigenvalue weighted by molar-refractivity contribution is -0.118. The van der Waals surface area contributed by atoms with Gasteiger partial charge in [0.25, 0.3) is 0 Å². The molecule has 0 rings (SSSR count). The van der Waals surface area contributed by atoms with E-state index in [1.165, 1.54) is 0 Å². The highest BCUT2D eigenvalue weighted by Crippen LogP contribution is 2.21. The lowest BCUT2D eigenvalue weighted by atomic mass is 9.92. The summed E-state index contributed by atoms with van der Waals surface area (Å²) < 4.78 is 83.8. The molecule has 320 valence electrons. The molecule has 0 atom stereocenters. The van der Waals surface area contributed by atoms with E-state index in [9.17, 15) is 0 Å². The normalized spacial score (nSPS) is 11.4. The van der Waals surface area contributed by atoms with Crippen LogP contribution in [0, 0.1) is 10.8 Å². The molecule has 0 unspecified atom stereocenters. The van der Waals surface area contributed by atoms with Crippen molar-refractivity contribution >= 4 is 0 Å². The molecule has 0 amide bonds. The van der Waals surface area contributed by atoms with Crippen molar-refractivity contribution in [3.05, 3.63) is 0 Å². The Kier molecular flexibility index (Phi) is 54.0. The Morgan fingerprint density at radius 3 is 0.654 bits per heavy atom. The van der Waals surface area contributed by atoms with Gasteiger partial charge in [0.2, 0.25) is 0 Å². The van der Waals surface area contributed by atoms with E-state index in [4.69, 9.17) is 75.8 Å². The molecule has 0 fully saturated rings. The lowest BCUT2D eigenvalue weighted by Gasteiger charge is -2.33. The van der Waals surface area contributed by atoms with Gasteiger partial charge in [0.1, 0.15) is 0 Å². The van der Waals surface area contributed by atoms with Crippen LogP contribution in [0.15, 0.2) is 0 Å². The Bertz CT molecular complexity index is 528. The zero-order valence-corrected chi connectivity index (χ0v) is 33.8. The maximum Gasteiger partial charge on any atom is 0.0700 e. The molecular formula is C36H80O16. The standard InChI is InChI=1S/C17H36O8.2C9H20O4.CH4/c1-18-5-9-22-13-17(14-23-10-6-19-2,15-24-11-7-20-3)16-25-12-8-21-4;1-10-5-9(6-11-2,7-12-3)8-13-4;1-10-6-8-12-4-3-5-13-9-7-11-2;/h5-16H2,1-4H3;5-8H2,1-4H3;3-9H2,1-2H3;1H4. The van der Waals surface area contributed by atoms with E-state index in [0.717, 1.165) is 19.6 Å². The first-order valence-corrected chi connectivity index (χ1v) is 17.3. The first kappa shape index (κ1) is 58.1. The van der Waals surface area contributed by atoms with Crippen LogP contribution in [-0.4, -0.2) is 216 Å². The summed E-state index contributed by atoms with van der Waals surface area (Å²) in [6.07, 6.45) is 0.924. The quantitative estimate of drug-likeness (QED) is 0.0847. The summed E-state index contributed by atoms with van der Waals surface area (Å²) in [5, 5.41) is 0. The van der Waals surface area contributed by atoms with Crippen molar-refractivity contribution in [1.29, 1.82) is 0 Å². The van der Waals surface area contributed by atoms with Gasteiger partial charge in [-0.05, 0) is 6.42 Å². The average molecular weight is 769 g/mol. The topological polar surface area (TPSA) is 148 Å². The Morgan fingerprint density at radius 2 is 0.442 bits per heavy atom. The highest BCUT2D eigenvalue weighted by Gasteiger charge is 2.33. The van der Waals surface area contributed by atoms with Crippen LogP contribution in [0.3, 0.4) is 0 Å². The zero-order valence-electron chi connectivity index (χ0n) is 33.8. The summed E-state index contributed by atoms with van der Waals surface area (Å²) in [6.45, 7) is 12.4. The SMILES string of the molecule is C.COCC(COC)(COC)COC.COCCOCC(COCCOC)(COCCOC)COCCOC.COCCOCCCOCCOC. The number of hydrogen-bond donors (Lipinski definition) is 0. The van der Waals surface area contributed by atoms with Gasteiger partial charge < -0.3 is 75.8 Å². The van der Waals surface area contributed by atoms with Crippen LogP contribution in [-0.2, 0) is 75.8 Å². The number of ether oxygens (including phenoxy) is 16. The van der Waals surface area contributed by atoms with Crippen molar-refractivity contribution in [3.63, 3.8) is 0 Å². The maximum atomic E-state index is 5.75. The molecule has 16 heteroatoms. The van der Waals surface area contributed by atoms with Crippen molar-refractivity contribution in [3.8, 4) is 0 Å². The highest BCUT2D eigenvalue weighted by atomic mass is 16.6. The predicted molar refractivity (Wildman–Crippen MR) is 200 cm³/mol. The van der Waals surface area contributed by atoms with Crippen LogP contribution in [0.4, 0.5) is 0 Å². The second-order valence-electron chi connectivity index (χ2n) is 11.5. The molecule has 16 nitrogen and oxygen atoms in total. The lowest BCUT2D eigenvalue weighted by Crippen LogP contribution is -2.42. The molecular weight excluding hydrogens is 688 g/mol. The van der Waals surface area contributed by atoms with Gasteiger partial charge in [-0.3, -0.25) is 0 Å². The van der Waals surface area contributed by atoms with E-state index in [2.05, 4.69) is 0 Å². The molecule has 0 aliphatic rings. The van der Waals surface area contributed by atoms with E-state index in [-0.39, 0.29) is 12.8 Å². The molecule has 0 spiro atoms. The van der Waals surface area contributed by atoms with Crippen LogP contribution < -0.4 is 0 Å². The van der Waals surface area contributed by atoms with Crippen LogP contribution in [0.25, 0.3) is 0 Å². The summed E-state index contributed by atoms with van der Waals surface area (Å²) in [6, 6.07) is 0. The third-order valence-electron chi connectivity index (χ3n) is 6.60. The molecule has 0 saturated carbocycles. The molecule has 0 heterocycles. The molecule has 0 aliphatic carbocycles. The largest absolute Gasteiger partial charge is 0.384 e. The Morgan fingerprint density at radius 1 is 0.231 bits per heavy atom. The monoisotopic (exact) mass is 769 g/mol. The van der Waals surface area contributed by atoms with Crippen LogP contribution in [0.1, 0.15) is 13.8 Å². The molecule has 0 aromatic rings. The predicted octanol–water partition coefficient (Wildman–Crippen LogP) is 2.52. The fourth-order valence-corrected chi connectivity index (χ4v) is 4.20. The van der Waals surface area contributed by atoms with Gasteiger partial charge in [0, 0.05) is 84.3 Å². The maximum absolute atomic E-state index is 5.75. The van der Waals surface area contributed by atoms with Gasteiger partial charge in [-0.1, -0.05) is 7.43 Å². The Labute approximate surface area is 316 Å². The third-order valence-corrected chi connectivity index (χ3v) is 6.60. The van der Waals surface area contributed by atoms with Crippen molar-refractivity contribution in [1.82, 2.24) is 0 Å². The molecule has 0 aromatic heterocycles. The van der Waals surface area contributed by atoms with Gasteiger partial charge in [0.15, 0.2) is 0 Å². The fourth-order valence-electron chi connectivity index (χ4n) is 4.20. The van der Waals surface area contributed by atoms with Crippen molar-refractivity contribution in [2.45, 2.75) is 13.8 Å². The Balaban J connectivity index is -0.000000361. The van der Waals surface area contributed by atoms with E-state index < -0.39 is 5.41 Å². The number of hydrogen-bond acceptors (Lipinski definition) is 16. The molecule has 0 saturated heterocycles. The second-order valence-corrected chi connectivity index (χ2v) is 11.5. The minimum absolute atomic E-state index is 0. The van der Waals surface area contributed by atoms with E-state index in [0.29, 0.717) is 132 Å². The van der Waals surface area contributed by atoms with Gasteiger partial charge >= 0.3 is 0 Å². The number of rotatable bonds is 38. The third kappa shape index (κ3) is 40.5. The first-order valence-electron chi connectivity index (χ1n) is 17.3. The smallest absolute Gasteiger partial charge is 0.0700 e. The molecule has 0 radical (unpaired) electrons. The highest BCUT2D eigenvalue weighted by molar-refractivity contribution is 4.80. The number of methoxy groups -OCH3 is 10. The molecule has 0 bridgehead atoms. The van der Waals surface area contributed by atoms with Gasteiger partial charge in [-0.2, -0.15) is 0 Å². The van der Waals surface area contributed by atoms with Crippen molar-refractivity contribution in [2.75, 3.05) is 216 Å². The van der Waals surface area contributed by atoms with Gasteiger partial charge in [0.05, 0.1) is 143 Å². The van der Waals surface area contributed by atoms with Crippen LogP contribution in [0.2, 0.25) is 0 Å². The summed E-state index contributed by atoms with van der Waals surface area (Å²) in [5.41, 5.74) is -0.601. The minimum atomic E-state index is -0.414. The fraction of sp³-hybridized carbons (Fsp3) is 1.00. The second kappa shape index (κ2) is 48.4. The Hall–Kier alpha value is -0.640. The van der Waals surface area contributed by atoms with E-state index in [1.807, 2.05) is 0 Å². The van der Waals surface area contributed by atoms with Gasteiger partial charge in [-0.15, -0.1) is 0 Å². The van der Waals surface area contributed by atoms with Crippen molar-refractivity contribution < 1.29 is 75.8 Å². The molecule has 0 aliphatic heterocycles. The minimum Gasteiger partial charge on any atom is -0.384 e. The zero-order chi connectivity index (χ0) is 38.6. The van der Waals surface area contributed by atoms with Crippen LogP contribution in [0.5, 0.6) is 0 Å². The van der Waals surface area contributed by atoms with E-state index >= 15 is 0 Å². The molecule has 0 aromatic carbocycles. The van der Waals surface area contributed by atoms with E-state index in [1.54, 1.807) is 71.1 Å². The summed E-state index contributed by atoms with van der Waals surface area (Å²) in [5.74, 6) is 0. The van der Waals surface area contributed by atoms with Crippen LogP contribution >= 0.6 is 0 Å². The summed E-state index contributed by atoms with van der Waals surface area (Å²) in [4.78, 5) is 0.